The van der Waals surface area contributed by atoms with E-state index in [1.165, 1.54) is 0 Å². The van der Waals surface area contributed by atoms with E-state index in [1.54, 1.807) is 7.11 Å². The first kappa shape index (κ1) is 12.1. The molecule has 15 heavy (non-hydrogen) atoms. The van der Waals surface area contributed by atoms with E-state index in [4.69, 9.17) is 4.74 Å². The summed E-state index contributed by atoms with van der Waals surface area (Å²) in [5, 5.41) is 14.8. The van der Waals surface area contributed by atoms with Crippen LogP contribution in [0.5, 0.6) is 0 Å². The monoisotopic (exact) mass is 213 g/mol. The number of hydrogen-bond acceptors (Lipinski definition) is 5. The van der Waals surface area contributed by atoms with Gasteiger partial charge < -0.3 is 10.1 Å². The Hall–Kier alpha value is -1.01. The number of ether oxygens (including phenoxy) is 1. The summed E-state index contributed by atoms with van der Waals surface area (Å²) < 4.78 is 6.79. The Morgan fingerprint density at radius 1 is 1.47 bits per heavy atom. The zero-order valence-electron chi connectivity index (χ0n) is 9.44. The van der Waals surface area contributed by atoms with Crippen LogP contribution in [0.4, 0.5) is 0 Å². The molecule has 0 spiro atoms. The predicted molar refractivity (Wildman–Crippen MR) is 56.3 cm³/mol. The molecule has 86 valence electrons. The molecule has 0 bridgehead atoms. The van der Waals surface area contributed by atoms with Gasteiger partial charge in [-0.3, -0.25) is 0 Å². The summed E-state index contributed by atoms with van der Waals surface area (Å²) in [4.78, 5) is 0. The Bertz CT molecular complexity index is 263. The van der Waals surface area contributed by atoms with Crippen LogP contribution in [-0.2, 0) is 17.8 Å². The zero-order chi connectivity index (χ0) is 10.9. The summed E-state index contributed by atoms with van der Waals surface area (Å²) in [5.41, 5.74) is 0. The van der Waals surface area contributed by atoms with Gasteiger partial charge in [0.1, 0.15) is 0 Å². The Morgan fingerprint density at radius 3 is 3.07 bits per heavy atom. The minimum absolute atomic E-state index is 0.695. The summed E-state index contributed by atoms with van der Waals surface area (Å²) in [5.74, 6) is 0.888. The largest absolute Gasteiger partial charge is 0.383 e. The molecular weight excluding hydrogens is 194 g/mol. The lowest BCUT2D eigenvalue weighted by Gasteiger charge is -2.04. The van der Waals surface area contributed by atoms with Crippen molar-refractivity contribution in [3.8, 4) is 0 Å². The van der Waals surface area contributed by atoms with Gasteiger partial charge in [0.15, 0.2) is 5.82 Å². The van der Waals surface area contributed by atoms with Crippen LogP contribution in [0.25, 0.3) is 0 Å². The van der Waals surface area contributed by atoms with Crippen molar-refractivity contribution < 1.29 is 4.74 Å². The van der Waals surface area contributed by atoms with Crippen LogP contribution in [0.1, 0.15) is 25.6 Å². The fraction of sp³-hybridized carbons (Fsp3) is 0.889. The highest BCUT2D eigenvalue weighted by atomic mass is 16.5. The lowest BCUT2D eigenvalue weighted by atomic mass is 10.3. The number of tetrazole rings is 1. The molecule has 0 radical (unpaired) electrons. The molecule has 1 rings (SSSR count). The second kappa shape index (κ2) is 7.30. The molecule has 6 heteroatoms. The van der Waals surface area contributed by atoms with E-state index in [0.717, 1.165) is 31.8 Å². The van der Waals surface area contributed by atoms with Crippen LogP contribution in [0.3, 0.4) is 0 Å². The number of unbranched alkanes of at least 4 members (excludes halogenated alkanes) is 1. The third-order valence-corrected chi connectivity index (χ3v) is 2.10. The summed E-state index contributed by atoms with van der Waals surface area (Å²) in [6.07, 6.45) is 2.26. The van der Waals surface area contributed by atoms with Gasteiger partial charge >= 0.3 is 0 Å². The molecule has 0 saturated heterocycles. The average molecular weight is 213 g/mol. The van der Waals surface area contributed by atoms with Crippen LogP contribution in [0.2, 0.25) is 0 Å². The van der Waals surface area contributed by atoms with Crippen LogP contribution < -0.4 is 5.32 Å². The second-order valence-electron chi connectivity index (χ2n) is 3.34. The van der Waals surface area contributed by atoms with Crippen molar-refractivity contribution in [1.29, 1.82) is 0 Å². The Morgan fingerprint density at radius 2 is 2.33 bits per heavy atom. The normalized spacial score (nSPS) is 10.8. The van der Waals surface area contributed by atoms with Crippen molar-refractivity contribution in [3.63, 3.8) is 0 Å². The van der Waals surface area contributed by atoms with Crippen LogP contribution in [-0.4, -0.2) is 40.5 Å². The number of aromatic nitrogens is 4. The Balaban J connectivity index is 2.29. The highest BCUT2D eigenvalue weighted by Gasteiger charge is 2.03. The van der Waals surface area contributed by atoms with Crippen LogP contribution in [0, 0.1) is 0 Å². The molecule has 1 heterocycles. The molecule has 0 fully saturated rings. The summed E-state index contributed by atoms with van der Waals surface area (Å²) in [6, 6.07) is 0. The number of aryl methyl sites for hydroxylation is 1. The second-order valence-corrected chi connectivity index (χ2v) is 3.34. The predicted octanol–water partition coefficient (Wildman–Crippen LogP) is 0.209. The third-order valence-electron chi connectivity index (χ3n) is 2.10. The van der Waals surface area contributed by atoms with Gasteiger partial charge in [-0.1, -0.05) is 13.3 Å². The molecule has 0 unspecified atom stereocenters. The number of nitrogens with zero attached hydrogens (tertiary/aromatic N) is 4. The van der Waals surface area contributed by atoms with Crippen molar-refractivity contribution >= 4 is 0 Å². The quantitative estimate of drug-likeness (QED) is 0.625. The van der Waals surface area contributed by atoms with Gasteiger partial charge in [0.25, 0.3) is 0 Å². The SMILES string of the molecule is CCCCn1nnnc1CNCCOC. The fourth-order valence-corrected chi connectivity index (χ4v) is 1.21. The first-order valence-electron chi connectivity index (χ1n) is 5.33. The van der Waals surface area contributed by atoms with E-state index in [-0.39, 0.29) is 0 Å². The molecule has 6 nitrogen and oxygen atoms in total. The van der Waals surface area contributed by atoms with Crippen molar-refractivity contribution in [3.05, 3.63) is 5.82 Å². The zero-order valence-corrected chi connectivity index (χ0v) is 9.44. The molecular formula is C9H19N5O. The van der Waals surface area contributed by atoms with E-state index < -0.39 is 0 Å². The number of methoxy groups -OCH3 is 1. The molecule has 1 aromatic rings. The smallest absolute Gasteiger partial charge is 0.165 e. The Kier molecular flexibility index (Phi) is 5.87. The van der Waals surface area contributed by atoms with Gasteiger partial charge in [-0.15, -0.1) is 5.10 Å². The molecule has 0 amide bonds. The molecule has 0 aliphatic carbocycles. The Labute approximate surface area is 90.0 Å². The first-order chi connectivity index (χ1) is 7.38. The molecule has 0 aliphatic rings. The average Bonchev–Trinajstić information content (AvgIpc) is 2.69. The molecule has 0 aromatic carbocycles. The summed E-state index contributed by atoms with van der Waals surface area (Å²) in [7, 11) is 1.69. The maximum atomic E-state index is 4.94. The van der Waals surface area contributed by atoms with Crippen LogP contribution in [0.15, 0.2) is 0 Å². The van der Waals surface area contributed by atoms with Gasteiger partial charge in [-0.05, 0) is 16.8 Å². The summed E-state index contributed by atoms with van der Waals surface area (Å²) in [6.45, 7) is 5.26. The van der Waals surface area contributed by atoms with E-state index >= 15 is 0 Å². The van der Waals surface area contributed by atoms with Gasteiger partial charge in [-0.2, -0.15) is 0 Å². The van der Waals surface area contributed by atoms with Gasteiger partial charge in [0.05, 0.1) is 13.2 Å². The lowest BCUT2D eigenvalue weighted by molar-refractivity contribution is 0.198. The number of hydrogen-bond donors (Lipinski definition) is 1. The molecule has 1 N–H and O–H groups in total. The fourth-order valence-electron chi connectivity index (χ4n) is 1.21. The maximum absolute atomic E-state index is 4.94. The van der Waals surface area contributed by atoms with E-state index in [1.807, 2.05) is 4.68 Å². The van der Waals surface area contributed by atoms with E-state index in [0.29, 0.717) is 13.2 Å². The van der Waals surface area contributed by atoms with Crippen LogP contribution >= 0.6 is 0 Å². The number of nitrogens with one attached hydrogen (secondary N) is 1. The highest BCUT2D eigenvalue weighted by molar-refractivity contribution is 4.79. The maximum Gasteiger partial charge on any atom is 0.165 e. The molecule has 1 aromatic heterocycles. The van der Waals surface area contributed by atoms with Crippen molar-refractivity contribution in [1.82, 2.24) is 25.5 Å². The highest BCUT2D eigenvalue weighted by Crippen LogP contribution is 1.96. The molecule has 0 atom stereocenters. The van der Waals surface area contributed by atoms with Crippen molar-refractivity contribution in [2.45, 2.75) is 32.9 Å². The van der Waals surface area contributed by atoms with Gasteiger partial charge in [0.2, 0.25) is 0 Å². The number of rotatable bonds is 8. The van der Waals surface area contributed by atoms with Crippen molar-refractivity contribution in [2.24, 2.45) is 0 Å². The van der Waals surface area contributed by atoms with Crippen molar-refractivity contribution in [2.75, 3.05) is 20.3 Å². The van der Waals surface area contributed by atoms with E-state index in [2.05, 4.69) is 27.8 Å². The topological polar surface area (TPSA) is 64.9 Å². The standard InChI is InChI=1S/C9H19N5O/c1-3-4-6-14-9(11-12-13-14)8-10-5-7-15-2/h10H,3-8H2,1-2H3. The first-order valence-corrected chi connectivity index (χ1v) is 5.33. The minimum Gasteiger partial charge on any atom is -0.383 e. The van der Waals surface area contributed by atoms with Gasteiger partial charge in [-0.25, -0.2) is 4.68 Å². The third kappa shape index (κ3) is 4.35. The van der Waals surface area contributed by atoms with E-state index in [9.17, 15) is 0 Å². The van der Waals surface area contributed by atoms with Gasteiger partial charge in [0, 0.05) is 20.2 Å². The minimum atomic E-state index is 0.695. The summed E-state index contributed by atoms with van der Waals surface area (Å²) >= 11 is 0. The molecule has 0 saturated carbocycles. The lowest BCUT2D eigenvalue weighted by Crippen LogP contribution is -2.21. The molecule has 0 aliphatic heterocycles.